The minimum atomic E-state index is -0.698. The molecule has 24 heavy (non-hydrogen) atoms. The maximum Gasteiger partial charge on any atom is 0.328 e. The van der Waals surface area contributed by atoms with Crippen molar-refractivity contribution >= 4 is 23.6 Å². The fourth-order valence-electron chi connectivity index (χ4n) is 2.20. The second-order valence-corrected chi connectivity index (χ2v) is 5.76. The Morgan fingerprint density at radius 2 is 1.96 bits per heavy atom. The van der Waals surface area contributed by atoms with E-state index in [0.29, 0.717) is 18.1 Å². The van der Waals surface area contributed by atoms with E-state index in [9.17, 15) is 9.59 Å². The van der Waals surface area contributed by atoms with Gasteiger partial charge in [0, 0.05) is 23.5 Å². The number of methoxy groups -OCH3 is 1. The predicted octanol–water partition coefficient (Wildman–Crippen LogP) is 2.55. The minimum Gasteiger partial charge on any atom is -0.467 e. The molecule has 1 unspecified atom stereocenters. The Kier molecular flexibility index (Phi) is 6.26. The van der Waals surface area contributed by atoms with Crippen LogP contribution >= 0.6 is 11.6 Å². The normalized spacial score (nSPS) is 11.6. The molecule has 0 aliphatic rings. The molecule has 1 aromatic carbocycles. The van der Waals surface area contributed by atoms with Crippen LogP contribution in [0.25, 0.3) is 0 Å². The lowest BCUT2D eigenvalue weighted by atomic mass is 10.2. The van der Waals surface area contributed by atoms with Gasteiger partial charge in [0.25, 0.3) is 0 Å². The second kappa shape index (κ2) is 8.40. The molecule has 1 aromatic heterocycles. The van der Waals surface area contributed by atoms with Gasteiger partial charge in [-0.1, -0.05) is 23.7 Å². The summed E-state index contributed by atoms with van der Waals surface area (Å²) in [5, 5.41) is 5.95. The summed E-state index contributed by atoms with van der Waals surface area (Å²) in [5.74, 6) is -0.490. The molecule has 6 nitrogen and oxygen atoms in total. The number of urea groups is 1. The maximum atomic E-state index is 11.8. The van der Waals surface area contributed by atoms with E-state index < -0.39 is 18.0 Å². The van der Waals surface area contributed by atoms with Gasteiger partial charge in [0.1, 0.15) is 6.04 Å². The molecule has 2 rings (SSSR count). The molecular formula is C17H20ClN3O3. The summed E-state index contributed by atoms with van der Waals surface area (Å²) in [5.41, 5.74) is 2.06. The minimum absolute atomic E-state index is 0.348. The number of carbonyl (C=O) groups excluding carboxylic acids is 2. The van der Waals surface area contributed by atoms with Crippen molar-refractivity contribution < 1.29 is 14.3 Å². The van der Waals surface area contributed by atoms with Gasteiger partial charge in [-0.2, -0.15) is 0 Å². The van der Waals surface area contributed by atoms with Gasteiger partial charge >= 0.3 is 12.0 Å². The van der Waals surface area contributed by atoms with Crippen molar-refractivity contribution in [2.24, 2.45) is 0 Å². The monoisotopic (exact) mass is 349 g/mol. The molecule has 7 heteroatoms. The van der Waals surface area contributed by atoms with Crippen LogP contribution in [0, 0.1) is 0 Å². The number of nitrogens with one attached hydrogen (secondary N) is 2. The Morgan fingerprint density at radius 3 is 2.62 bits per heavy atom. The summed E-state index contributed by atoms with van der Waals surface area (Å²) >= 11 is 5.89. The van der Waals surface area contributed by atoms with Gasteiger partial charge in [-0.25, -0.2) is 9.59 Å². The van der Waals surface area contributed by atoms with Crippen molar-refractivity contribution in [1.29, 1.82) is 0 Å². The summed E-state index contributed by atoms with van der Waals surface area (Å²) in [6, 6.07) is 10.3. The third-order valence-electron chi connectivity index (χ3n) is 3.52. The van der Waals surface area contributed by atoms with E-state index in [4.69, 9.17) is 11.6 Å². The molecule has 128 valence electrons. The van der Waals surface area contributed by atoms with Crippen LogP contribution in [0.15, 0.2) is 42.6 Å². The van der Waals surface area contributed by atoms with Crippen LogP contribution in [-0.2, 0) is 22.6 Å². The fourth-order valence-corrected chi connectivity index (χ4v) is 2.33. The van der Waals surface area contributed by atoms with E-state index in [1.165, 1.54) is 7.11 Å². The Balaban J connectivity index is 1.90. The molecule has 0 saturated carbocycles. The second-order valence-electron chi connectivity index (χ2n) is 5.33. The molecule has 2 aromatic rings. The lowest BCUT2D eigenvalue weighted by Crippen LogP contribution is -2.44. The number of carbonyl (C=O) groups is 2. The van der Waals surface area contributed by atoms with E-state index in [0.717, 1.165) is 11.3 Å². The standard InChI is InChI=1S/C17H20ClN3O3/c1-12(16(22)24-2)20-17(23)19-10-15-4-3-9-21(15)11-13-5-7-14(18)8-6-13/h3-9,12H,10-11H2,1-2H3,(H2,19,20,23). The molecular weight excluding hydrogens is 330 g/mol. The smallest absolute Gasteiger partial charge is 0.328 e. The summed E-state index contributed by atoms with van der Waals surface area (Å²) in [6.07, 6.45) is 1.95. The van der Waals surface area contributed by atoms with Crippen molar-refractivity contribution in [2.75, 3.05) is 7.11 Å². The van der Waals surface area contributed by atoms with Crippen molar-refractivity contribution in [3.63, 3.8) is 0 Å². The Morgan fingerprint density at radius 1 is 1.25 bits per heavy atom. The van der Waals surface area contributed by atoms with Crippen LogP contribution in [0.5, 0.6) is 0 Å². The number of esters is 1. The van der Waals surface area contributed by atoms with E-state index in [1.54, 1.807) is 6.92 Å². The van der Waals surface area contributed by atoms with Gasteiger partial charge in [-0.15, -0.1) is 0 Å². The fraction of sp³-hybridized carbons (Fsp3) is 0.294. The quantitative estimate of drug-likeness (QED) is 0.787. The van der Waals surface area contributed by atoms with Gasteiger partial charge in [-0.3, -0.25) is 0 Å². The molecule has 0 aliphatic carbocycles. The van der Waals surface area contributed by atoms with E-state index in [-0.39, 0.29) is 0 Å². The van der Waals surface area contributed by atoms with E-state index >= 15 is 0 Å². The summed E-state index contributed by atoms with van der Waals surface area (Å²) in [6.45, 7) is 2.59. The zero-order chi connectivity index (χ0) is 17.5. The zero-order valence-corrected chi connectivity index (χ0v) is 14.3. The molecule has 0 radical (unpaired) electrons. The highest BCUT2D eigenvalue weighted by molar-refractivity contribution is 6.30. The largest absolute Gasteiger partial charge is 0.467 e. The highest BCUT2D eigenvalue weighted by Crippen LogP contribution is 2.12. The van der Waals surface area contributed by atoms with Crippen molar-refractivity contribution in [3.8, 4) is 0 Å². The number of hydrogen-bond acceptors (Lipinski definition) is 3. The molecule has 0 bridgehead atoms. The van der Waals surface area contributed by atoms with Crippen LogP contribution < -0.4 is 10.6 Å². The van der Waals surface area contributed by atoms with Crippen molar-refractivity contribution in [3.05, 3.63) is 58.9 Å². The number of ether oxygens (including phenoxy) is 1. The molecule has 0 saturated heterocycles. The number of nitrogens with zero attached hydrogens (tertiary/aromatic N) is 1. The van der Waals surface area contributed by atoms with Crippen LogP contribution in [0.2, 0.25) is 5.02 Å². The van der Waals surface area contributed by atoms with E-state index in [1.807, 2.05) is 47.2 Å². The van der Waals surface area contributed by atoms with E-state index in [2.05, 4.69) is 15.4 Å². The van der Waals surface area contributed by atoms with Gasteiger partial charge in [0.05, 0.1) is 13.7 Å². The molecule has 1 heterocycles. The van der Waals surface area contributed by atoms with Gasteiger partial charge in [-0.05, 0) is 36.8 Å². The predicted molar refractivity (Wildman–Crippen MR) is 91.8 cm³/mol. The average molecular weight is 350 g/mol. The molecule has 2 N–H and O–H groups in total. The number of amides is 2. The van der Waals surface area contributed by atoms with Crippen molar-refractivity contribution in [2.45, 2.75) is 26.1 Å². The first-order chi connectivity index (χ1) is 11.5. The van der Waals surface area contributed by atoms with Gasteiger partial charge in [0.2, 0.25) is 0 Å². The lowest BCUT2D eigenvalue weighted by Gasteiger charge is -2.14. The Labute approximate surface area is 145 Å². The molecule has 0 fully saturated rings. The molecule has 0 spiro atoms. The Bertz CT molecular complexity index is 697. The number of benzene rings is 1. The zero-order valence-electron chi connectivity index (χ0n) is 13.6. The maximum absolute atomic E-state index is 11.8. The first-order valence-corrected chi connectivity index (χ1v) is 7.88. The van der Waals surface area contributed by atoms with Crippen LogP contribution in [0.1, 0.15) is 18.2 Å². The van der Waals surface area contributed by atoms with Crippen molar-refractivity contribution in [1.82, 2.24) is 15.2 Å². The number of aromatic nitrogens is 1. The summed E-state index contributed by atoms with van der Waals surface area (Å²) in [4.78, 5) is 23.1. The topological polar surface area (TPSA) is 72.4 Å². The van der Waals surface area contributed by atoms with Crippen LogP contribution in [0.4, 0.5) is 4.79 Å². The molecule has 2 amide bonds. The van der Waals surface area contributed by atoms with Crippen LogP contribution in [0.3, 0.4) is 0 Å². The third-order valence-corrected chi connectivity index (χ3v) is 3.77. The molecule has 1 atom stereocenters. The average Bonchev–Trinajstić information content (AvgIpc) is 3.01. The Hall–Kier alpha value is -2.47. The highest BCUT2D eigenvalue weighted by Gasteiger charge is 2.15. The summed E-state index contributed by atoms with van der Waals surface area (Å²) in [7, 11) is 1.28. The van der Waals surface area contributed by atoms with Crippen LogP contribution in [-0.4, -0.2) is 29.7 Å². The SMILES string of the molecule is COC(=O)C(C)NC(=O)NCc1cccn1Cc1ccc(Cl)cc1. The number of halogens is 1. The van der Waals surface area contributed by atoms with Gasteiger partial charge < -0.3 is 19.9 Å². The number of hydrogen-bond donors (Lipinski definition) is 2. The highest BCUT2D eigenvalue weighted by atomic mass is 35.5. The number of rotatable bonds is 6. The lowest BCUT2D eigenvalue weighted by molar-refractivity contribution is -0.142. The van der Waals surface area contributed by atoms with Gasteiger partial charge in [0.15, 0.2) is 0 Å². The molecule has 0 aliphatic heterocycles. The summed E-state index contributed by atoms with van der Waals surface area (Å²) < 4.78 is 6.60. The third kappa shape index (κ3) is 5.03. The first-order valence-electron chi connectivity index (χ1n) is 7.50. The first kappa shape index (κ1) is 17.9.